The van der Waals surface area contributed by atoms with Crippen LogP contribution in [0, 0.1) is 13.8 Å². The molecule has 2 aromatic heterocycles. The van der Waals surface area contributed by atoms with Gasteiger partial charge in [-0.1, -0.05) is 5.16 Å². The van der Waals surface area contributed by atoms with Crippen LogP contribution in [0.25, 0.3) is 0 Å². The molecule has 0 aliphatic rings. The van der Waals surface area contributed by atoms with Crippen molar-refractivity contribution in [3.05, 3.63) is 41.0 Å². The van der Waals surface area contributed by atoms with E-state index in [2.05, 4.69) is 15.5 Å². The average Bonchev–Trinajstić information content (AvgIpc) is 2.67. The Labute approximate surface area is 104 Å². The lowest BCUT2D eigenvalue weighted by Crippen LogP contribution is -2.24. The van der Waals surface area contributed by atoms with Crippen molar-refractivity contribution in [2.75, 3.05) is 5.73 Å². The molecule has 0 unspecified atom stereocenters. The molecule has 0 saturated heterocycles. The van der Waals surface area contributed by atoms with Gasteiger partial charge in [0.2, 0.25) is 0 Å². The molecule has 0 aromatic carbocycles. The zero-order valence-corrected chi connectivity index (χ0v) is 10.2. The predicted octanol–water partition coefficient (Wildman–Crippen LogP) is 1.20. The van der Waals surface area contributed by atoms with Gasteiger partial charge in [0.25, 0.3) is 5.91 Å². The van der Waals surface area contributed by atoms with Gasteiger partial charge in [-0.15, -0.1) is 0 Å². The molecule has 0 saturated carbocycles. The SMILES string of the molecule is Cc1noc(C)c1CNC(=O)c1cnccc1N. The van der Waals surface area contributed by atoms with Crippen molar-refractivity contribution in [2.45, 2.75) is 20.4 Å². The Bertz CT molecular complexity index is 558. The van der Waals surface area contributed by atoms with E-state index < -0.39 is 0 Å². The number of nitrogens with zero attached hydrogens (tertiary/aromatic N) is 2. The summed E-state index contributed by atoms with van der Waals surface area (Å²) in [5.41, 5.74) is 8.12. The van der Waals surface area contributed by atoms with Gasteiger partial charge >= 0.3 is 0 Å². The number of carbonyl (C=O) groups is 1. The van der Waals surface area contributed by atoms with E-state index in [1.807, 2.05) is 6.92 Å². The van der Waals surface area contributed by atoms with Crippen LogP contribution in [0.1, 0.15) is 27.4 Å². The van der Waals surface area contributed by atoms with Gasteiger partial charge in [-0.25, -0.2) is 0 Å². The zero-order valence-electron chi connectivity index (χ0n) is 10.2. The molecular weight excluding hydrogens is 232 g/mol. The van der Waals surface area contributed by atoms with Crippen molar-refractivity contribution in [1.82, 2.24) is 15.5 Å². The Hall–Kier alpha value is -2.37. The van der Waals surface area contributed by atoms with Gasteiger partial charge in [0.05, 0.1) is 11.3 Å². The molecule has 0 radical (unpaired) electrons. The molecule has 18 heavy (non-hydrogen) atoms. The fraction of sp³-hybridized carbons (Fsp3) is 0.250. The second-order valence-electron chi connectivity index (χ2n) is 3.95. The fourth-order valence-corrected chi connectivity index (χ4v) is 1.61. The van der Waals surface area contributed by atoms with Gasteiger partial charge in [0.15, 0.2) is 0 Å². The van der Waals surface area contributed by atoms with E-state index in [9.17, 15) is 4.79 Å². The number of pyridine rings is 1. The van der Waals surface area contributed by atoms with Crippen molar-refractivity contribution < 1.29 is 9.32 Å². The highest BCUT2D eigenvalue weighted by molar-refractivity contribution is 5.98. The van der Waals surface area contributed by atoms with Crippen molar-refractivity contribution >= 4 is 11.6 Å². The number of aromatic nitrogens is 2. The maximum absolute atomic E-state index is 11.9. The number of carbonyl (C=O) groups excluding carboxylic acids is 1. The van der Waals surface area contributed by atoms with Gasteiger partial charge in [-0.05, 0) is 19.9 Å². The van der Waals surface area contributed by atoms with E-state index in [1.54, 1.807) is 19.2 Å². The second kappa shape index (κ2) is 4.87. The predicted molar refractivity (Wildman–Crippen MR) is 65.8 cm³/mol. The Morgan fingerprint density at radius 2 is 2.28 bits per heavy atom. The minimum atomic E-state index is -0.263. The molecule has 6 nitrogen and oxygen atoms in total. The molecule has 2 aromatic rings. The number of nitrogen functional groups attached to an aromatic ring is 1. The molecule has 3 N–H and O–H groups in total. The number of hydrogen-bond acceptors (Lipinski definition) is 5. The quantitative estimate of drug-likeness (QED) is 0.848. The molecule has 1 amide bonds. The fourth-order valence-electron chi connectivity index (χ4n) is 1.61. The normalized spacial score (nSPS) is 10.3. The monoisotopic (exact) mass is 246 g/mol. The third-order valence-corrected chi connectivity index (χ3v) is 2.71. The Balaban J connectivity index is 2.08. The van der Waals surface area contributed by atoms with E-state index in [4.69, 9.17) is 10.3 Å². The first-order valence-corrected chi connectivity index (χ1v) is 5.49. The first-order chi connectivity index (χ1) is 8.59. The van der Waals surface area contributed by atoms with Crippen LogP contribution in [0.3, 0.4) is 0 Å². The van der Waals surface area contributed by atoms with E-state index >= 15 is 0 Å². The van der Waals surface area contributed by atoms with Crippen LogP contribution >= 0.6 is 0 Å². The second-order valence-corrected chi connectivity index (χ2v) is 3.95. The van der Waals surface area contributed by atoms with Crippen LogP contribution in [-0.4, -0.2) is 16.0 Å². The number of nitrogens with two attached hydrogens (primary N) is 1. The van der Waals surface area contributed by atoms with Crippen LogP contribution in [0.2, 0.25) is 0 Å². The van der Waals surface area contributed by atoms with E-state index in [1.165, 1.54) is 6.20 Å². The first kappa shape index (κ1) is 12.1. The summed E-state index contributed by atoms with van der Waals surface area (Å²) in [5, 5.41) is 6.59. The largest absolute Gasteiger partial charge is 0.398 e. The maximum Gasteiger partial charge on any atom is 0.255 e. The van der Waals surface area contributed by atoms with Crippen LogP contribution in [0.4, 0.5) is 5.69 Å². The number of aryl methyl sites for hydroxylation is 2. The van der Waals surface area contributed by atoms with Crippen LogP contribution in [0.5, 0.6) is 0 Å². The van der Waals surface area contributed by atoms with E-state index in [0.717, 1.165) is 11.3 Å². The van der Waals surface area contributed by atoms with Crippen molar-refractivity contribution in [3.63, 3.8) is 0 Å². The third kappa shape index (κ3) is 2.32. The first-order valence-electron chi connectivity index (χ1n) is 5.49. The van der Waals surface area contributed by atoms with Gasteiger partial charge in [0, 0.05) is 30.2 Å². The summed E-state index contributed by atoms with van der Waals surface area (Å²) in [6, 6.07) is 1.59. The van der Waals surface area contributed by atoms with E-state index in [-0.39, 0.29) is 5.91 Å². The maximum atomic E-state index is 11.9. The van der Waals surface area contributed by atoms with Gasteiger partial charge < -0.3 is 15.6 Å². The summed E-state index contributed by atoms with van der Waals surface area (Å²) in [6.07, 6.45) is 2.98. The number of anilines is 1. The summed E-state index contributed by atoms with van der Waals surface area (Å²) in [7, 11) is 0. The van der Waals surface area contributed by atoms with Crippen molar-refractivity contribution in [3.8, 4) is 0 Å². The summed E-state index contributed by atoms with van der Waals surface area (Å²) in [6.45, 7) is 3.99. The summed E-state index contributed by atoms with van der Waals surface area (Å²) >= 11 is 0. The number of rotatable bonds is 3. The molecular formula is C12H14N4O2. The molecule has 0 fully saturated rings. The van der Waals surface area contributed by atoms with Gasteiger partial charge in [-0.3, -0.25) is 9.78 Å². The molecule has 0 aliphatic heterocycles. The van der Waals surface area contributed by atoms with Crippen LogP contribution in [-0.2, 0) is 6.54 Å². The molecule has 94 valence electrons. The molecule has 0 aliphatic carbocycles. The number of amides is 1. The van der Waals surface area contributed by atoms with Crippen LogP contribution in [0.15, 0.2) is 23.0 Å². The third-order valence-electron chi connectivity index (χ3n) is 2.71. The van der Waals surface area contributed by atoms with Crippen molar-refractivity contribution in [1.29, 1.82) is 0 Å². The minimum absolute atomic E-state index is 0.263. The lowest BCUT2D eigenvalue weighted by atomic mass is 10.2. The molecule has 0 bridgehead atoms. The summed E-state index contributed by atoms with van der Waals surface area (Å²) in [4.78, 5) is 15.8. The van der Waals surface area contributed by atoms with E-state index in [0.29, 0.717) is 23.6 Å². The number of hydrogen-bond donors (Lipinski definition) is 2. The highest BCUT2D eigenvalue weighted by Gasteiger charge is 2.13. The molecule has 2 rings (SSSR count). The average molecular weight is 246 g/mol. The smallest absolute Gasteiger partial charge is 0.255 e. The molecule has 6 heteroatoms. The summed E-state index contributed by atoms with van der Waals surface area (Å²) < 4.78 is 5.02. The molecule has 2 heterocycles. The lowest BCUT2D eigenvalue weighted by Gasteiger charge is -2.06. The highest BCUT2D eigenvalue weighted by atomic mass is 16.5. The highest BCUT2D eigenvalue weighted by Crippen LogP contribution is 2.13. The molecule has 0 spiro atoms. The Morgan fingerprint density at radius 1 is 1.50 bits per heavy atom. The van der Waals surface area contributed by atoms with Gasteiger partial charge in [-0.2, -0.15) is 0 Å². The van der Waals surface area contributed by atoms with Gasteiger partial charge in [0.1, 0.15) is 5.76 Å². The Kier molecular flexibility index (Phi) is 3.27. The Morgan fingerprint density at radius 3 is 2.89 bits per heavy atom. The van der Waals surface area contributed by atoms with Crippen molar-refractivity contribution in [2.24, 2.45) is 0 Å². The zero-order chi connectivity index (χ0) is 13.1. The van der Waals surface area contributed by atoms with Crippen LogP contribution < -0.4 is 11.1 Å². The standard InChI is InChI=1S/C12H14N4O2/c1-7-9(8(2)18-16-7)6-15-12(17)10-5-14-4-3-11(10)13/h3-5H,6H2,1-2H3,(H2,13,14)(H,15,17). The summed E-state index contributed by atoms with van der Waals surface area (Å²) in [5.74, 6) is 0.438. The lowest BCUT2D eigenvalue weighted by molar-refractivity contribution is 0.0951. The minimum Gasteiger partial charge on any atom is -0.398 e. The number of nitrogens with one attached hydrogen (secondary N) is 1. The molecule has 0 atom stereocenters. The topological polar surface area (TPSA) is 94.0 Å².